The molecule has 0 saturated heterocycles. The Morgan fingerprint density at radius 2 is 1.61 bits per heavy atom. The van der Waals surface area contributed by atoms with Crippen LogP contribution in [0, 0.1) is 6.92 Å². The molecule has 0 aliphatic heterocycles. The molecule has 0 aliphatic rings. The van der Waals surface area contributed by atoms with Gasteiger partial charge in [0, 0.05) is 11.6 Å². The fraction of sp³-hybridized carbons (Fsp3) is 0.562. The highest BCUT2D eigenvalue weighted by atomic mass is 32.2. The molecule has 1 aromatic carbocycles. The van der Waals surface area contributed by atoms with Crippen LogP contribution in [0.5, 0.6) is 11.5 Å². The van der Waals surface area contributed by atoms with Crippen molar-refractivity contribution in [2.75, 3.05) is 14.2 Å². The van der Waals surface area contributed by atoms with Gasteiger partial charge in [-0.25, -0.2) is 8.42 Å². The topological polar surface area (TPSA) is 81.7 Å². The minimum absolute atomic E-state index is 0.0618. The Morgan fingerprint density at radius 3 is 2.04 bits per heavy atom. The normalized spacial score (nSPS) is 13.3. The van der Waals surface area contributed by atoms with Crippen LogP contribution < -0.4 is 14.8 Å². The van der Waals surface area contributed by atoms with E-state index in [2.05, 4.69) is 5.32 Å². The zero-order valence-electron chi connectivity index (χ0n) is 14.7. The first kappa shape index (κ1) is 19.3. The van der Waals surface area contributed by atoms with Gasteiger partial charge in [0.2, 0.25) is 5.91 Å². The molecule has 1 rings (SSSR count). The highest BCUT2D eigenvalue weighted by molar-refractivity contribution is 7.92. The van der Waals surface area contributed by atoms with Crippen molar-refractivity contribution in [3.8, 4) is 11.5 Å². The molecule has 0 fully saturated rings. The van der Waals surface area contributed by atoms with Crippen molar-refractivity contribution in [2.45, 2.75) is 50.3 Å². The number of carbonyl (C=O) groups excluding carboxylic acids is 1. The first-order valence-corrected chi connectivity index (χ1v) is 8.77. The molecular weight excluding hydrogens is 318 g/mol. The largest absolute Gasteiger partial charge is 0.493 e. The molecule has 0 aliphatic carbocycles. The quantitative estimate of drug-likeness (QED) is 0.885. The Kier molecular flexibility index (Phi) is 5.69. The number of methoxy groups -OCH3 is 2. The third-order valence-corrected chi connectivity index (χ3v) is 5.52. The minimum Gasteiger partial charge on any atom is -0.493 e. The number of nitrogens with one attached hydrogen (secondary N) is 1. The van der Waals surface area contributed by atoms with Gasteiger partial charge in [-0.3, -0.25) is 4.79 Å². The Bertz CT molecular complexity index is 689. The summed E-state index contributed by atoms with van der Waals surface area (Å²) in [5, 5.41) is 1.48. The van der Waals surface area contributed by atoms with Gasteiger partial charge >= 0.3 is 0 Å². The molecule has 1 amide bonds. The molecule has 1 N–H and O–H groups in total. The summed E-state index contributed by atoms with van der Waals surface area (Å²) in [5.74, 6) is 0.211. The van der Waals surface area contributed by atoms with E-state index in [-0.39, 0.29) is 4.90 Å². The number of carbonyl (C=O) groups is 1. The summed E-state index contributed by atoms with van der Waals surface area (Å²) in [6.07, 6.45) is 0. The molecule has 130 valence electrons. The van der Waals surface area contributed by atoms with Gasteiger partial charge in [-0.2, -0.15) is 0 Å². The van der Waals surface area contributed by atoms with E-state index in [4.69, 9.17) is 9.47 Å². The molecule has 0 radical (unpaired) electrons. The third-order valence-electron chi connectivity index (χ3n) is 3.32. The highest BCUT2D eigenvalue weighted by Gasteiger charge is 2.33. The molecule has 23 heavy (non-hydrogen) atoms. The first-order chi connectivity index (χ1) is 10.4. The van der Waals surface area contributed by atoms with E-state index < -0.39 is 26.5 Å². The molecule has 0 spiro atoms. The van der Waals surface area contributed by atoms with Crippen LogP contribution in [0.3, 0.4) is 0 Å². The van der Waals surface area contributed by atoms with Crippen LogP contribution in [-0.2, 0) is 14.6 Å². The van der Waals surface area contributed by atoms with E-state index >= 15 is 0 Å². The summed E-state index contributed by atoms with van der Waals surface area (Å²) in [6.45, 7) is 8.43. The lowest BCUT2D eigenvalue weighted by atomic mass is 10.1. The zero-order valence-corrected chi connectivity index (χ0v) is 15.5. The predicted octanol–water partition coefficient (Wildman–Crippen LogP) is 2.09. The number of hydrogen-bond acceptors (Lipinski definition) is 5. The van der Waals surface area contributed by atoms with E-state index in [9.17, 15) is 13.2 Å². The fourth-order valence-electron chi connectivity index (χ4n) is 2.07. The molecule has 1 aromatic rings. The molecule has 0 heterocycles. The van der Waals surface area contributed by atoms with Crippen LogP contribution in [0.15, 0.2) is 17.0 Å². The minimum atomic E-state index is -3.85. The second kappa shape index (κ2) is 6.78. The van der Waals surface area contributed by atoms with Gasteiger partial charge in [0.15, 0.2) is 21.3 Å². The van der Waals surface area contributed by atoms with Crippen LogP contribution in [0.2, 0.25) is 0 Å². The number of ether oxygens (including phenoxy) is 2. The summed E-state index contributed by atoms with van der Waals surface area (Å²) in [6, 6.07) is 2.98. The second-order valence-electron chi connectivity index (χ2n) is 6.40. The van der Waals surface area contributed by atoms with E-state index in [1.807, 2.05) is 0 Å². The Morgan fingerprint density at radius 1 is 1.13 bits per heavy atom. The second-order valence-corrected chi connectivity index (χ2v) is 8.64. The van der Waals surface area contributed by atoms with Gasteiger partial charge in [0.1, 0.15) is 5.25 Å². The van der Waals surface area contributed by atoms with Gasteiger partial charge < -0.3 is 14.8 Å². The molecule has 0 aromatic heterocycles. The molecule has 6 nitrogen and oxygen atoms in total. The summed E-state index contributed by atoms with van der Waals surface area (Å²) in [4.78, 5) is 12.3. The summed E-state index contributed by atoms with van der Waals surface area (Å²) < 4.78 is 35.9. The van der Waals surface area contributed by atoms with Gasteiger partial charge in [-0.1, -0.05) is 0 Å². The standard InChI is InChI=1S/C16H25NO5S/c1-10-8-12(21-6)13(22-7)9-14(10)23(19,20)11(2)15(18)17-16(3,4)5/h8-9,11H,1-7H3,(H,17,18)/t11-/m1/s1. The van der Waals surface area contributed by atoms with Crippen LogP contribution in [0.25, 0.3) is 0 Å². The summed E-state index contributed by atoms with van der Waals surface area (Å²) >= 11 is 0. The Balaban J connectivity index is 3.30. The SMILES string of the molecule is COc1cc(C)c(S(=O)(=O)[C@H](C)C(=O)NC(C)(C)C)cc1OC. The third kappa shape index (κ3) is 4.37. The van der Waals surface area contributed by atoms with E-state index in [0.29, 0.717) is 17.1 Å². The predicted molar refractivity (Wildman–Crippen MR) is 88.8 cm³/mol. The number of sulfone groups is 1. The lowest BCUT2D eigenvalue weighted by Crippen LogP contribution is -2.47. The maximum atomic E-state index is 12.8. The van der Waals surface area contributed by atoms with Gasteiger partial charge in [-0.15, -0.1) is 0 Å². The highest BCUT2D eigenvalue weighted by Crippen LogP contribution is 2.33. The Hall–Kier alpha value is -1.76. The van der Waals surface area contributed by atoms with Gasteiger partial charge in [0.25, 0.3) is 0 Å². The monoisotopic (exact) mass is 343 g/mol. The average Bonchev–Trinajstić information content (AvgIpc) is 2.43. The van der Waals surface area contributed by atoms with Gasteiger partial charge in [-0.05, 0) is 46.2 Å². The lowest BCUT2D eigenvalue weighted by Gasteiger charge is -2.23. The van der Waals surface area contributed by atoms with Crippen molar-refractivity contribution in [3.05, 3.63) is 17.7 Å². The lowest BCUT2D eigenvalue weighted by molar-refractivity contribution is -0.121. The zero-order chi connectivity index (χ0) is 18.0. The molecule has 7 heteroatoms. The molecule has 0 saturated carbocycles. The van der Waals surface area contributed by atoms with Crippen molar-refractivity contribution < 1.29 is 22.7 Å². The average molecular weight is 343 g/mol. The van der Waals surface area contributed by atoms with Crippen LogP contribution in [0.4, 0.5) is 0 Å². The van der Waals surface area contributed by atoms with Crippen LogP contribution in [0.1, 0.15) is 33.3 Å². The molecular formula is C16H25NO5S. The maximum Gasteiger partial charge on any atom is 0.238 e. The Labute approximate surface area is 138 Å². The van der Waals surface area contributed by atoms with E-state index in [1.54, 1.807) is 33.8 Å². The molecule has 0 unspecified atom stereocenters. The number of amides is 1. The van der Waals surface area contributed by atoms with Crippen molar-refractivity contribution in [3.63, 3.8) is 0 Å². The van der Waals surface area contributed by atoms with Crippen molar-refractivity contribution in [1.29, 1.82) is 0 Å². The molecule has 0 bridgehead atoms. The fourth-order valence-corrected chi connectivity index (χ4v) is 3.57. The number of benzene rings is 1. The molecule has 1 atom stereocenters. The number of hydrogen-bond donors (Lipinski definition) is 1. The van der Waals surface area contributed by atoms with Crippen molar-refractivity contribution in [1.82, 2.24) is 5.32 Å². The van der Waals surface area contributed by atoms with E-state index in [1.165, 1.54) is 27.2 Å². The van der Waals surface area contributed by atoms with Crippen molar-refractivity contribution in [2.24, 2.45) is 0 Å². The number of rotatable bonds is 5. The van der Waals surface area contributed by atoms with Crippen molar-refractivity contribution >= 4 is 15.7 Å². The van der Waals surface area contributed by atoms with Crippen LogP contribution in [-0.4, -0.2) is 39.3 Å². The first-order valence-electron chi connectivity index (χ1n) is 7.22. The summed E-state index contributed by atoms with van der Waals surface area (Å²) in [5.41, 5.74) is -0.00824. The van der Waals surface area contributed by atoms with Crippen LogP contribution >= 0.6 is 0 Å². The number of aryl methyl sites for hydroxylation is 1. The van der Waals surface area contributed by atoms with Gasteiger partial charge in [0.05, 0.1) is 19.1 Å². The smallest absolute Gasteiger partial charge is 0.238 e. The summed E-state index contributed by atoms with van der Waals surface area (Å²) in [7, 11) is -0.939. The van der Waals surface area contributed by atoms with E-state index in [0.717, 1.165) is 0 Å². The maximum absolute atomic E-state index is 12.8.